The van der Waals surface area contributed by atoms with Crippen molar-refractivity contribution in [2.45, 2.75) is 50.4 Å². The van der Waals surface area contributed by atoms with Crippen molar-refractivity contribution in [2.75, 3.05) is 13.2 Å². The molecule has 0 radical (unpaired) electrons. The normalized spacial score (nSPS) is 19.0. The molecule has 1 aliphatic rings. The lowest BCUT2D eigenvalue weighted by molar-refractivity contribution is -0.203. The van der Waals surface area contributed by atoms with Crippen molar-refractivity contribution in [3.8, 4) is 0 Å². The van der Waals surface area contributed by atoms with Crippen LogP contribution >= 0.6 is 0 Å². The summed E-state index contributed by atoms with van der Waals surface area (Å²) in [6.45, 7) is 0.577. The van der Waals surface area contributed by atoms with Crippen molar-refractivity contribution in [3.63, 3.8) is 0 Å². The molecule has 21 heavy (non-hydrogen) atoms. The fourth-order valence-electron chi connectivity index (χ4n) is 1.96. The second-order valence-electron chi connectivity index (χ2n) is 5.09. The number of carboxylic acid groups (broad SMARTS) is 1. The number of carbonyl (C=O) groups excluding carboxylic acids is 1. The van der Waals surface area contributed by atoms with Crippen LogP contribution in [0.3, 0.4) is 0 Å². The molecule has 1 saturated carbocycles. The molecular weight excluding hydrogens is 293 g/mol. The zero-order valence-corrected chi connectivity index (χ0v) is 11.6. The Kier molecular flexibility index (Phi) is 5.82. The maximum absolute atomic E-state index is 12.7. The maximum atomic E-state index is 12.7. The fraction of sp³-hybridized carbons (Fsp3) is 0.833. The van der Waals surface area contributed by atoms with Crippen molar-refractivity contribution in [3.05, 3.63) is 0 Å². The molecule has 1 unspecified atom stereocenters. The SMILES string of the molecule is CC(NC(=O)NCCOC1CCCC1)(C(=O)O)C(F)(F)F. The smallest absolute Gasteiger partial charge is 0.422 e. The summed E-state index contributed by atoms with van der Waals surface area (Å²) in [6.07, 6.45) is -0.914. The number of carbonyl (C=O) groups is 2. The Labute approximate surface area is 120 Å². The molecule has 122 valence electrons. The van der Waals surface area contributed by atoms with Gasteiger partial charge >= 0.3 is 18.2 Å². The van der Waals surface area contributed by atoms with E-state index in [1.807, 2.05) is 0 Å². The van der Waals surface area contributed by atoms with Gasteiger partial charge in [-0.2, -0.15) is 13.2 Å². The molecule has 0 saturated heterocycles. The summed E-state index contributed by atoms with van der Waals surface area (Å²) < 4.78 is 43.4. The molecule has 3 N–H and O–H groups in total. The van der Waals surface area contributed by atoms with E-state index < -0.39 is 23.7 Å². The van der Waals surface area contributed by atoms with Crippen molar-refractivity contribution < 1.29 is 32.6 Å². The predicted molar refractivity (Wildman–Crippen MR) is 66.8 cm³/mol. The van der Waals surface area contributed by atoms with Gasteiger partial charge in [-0.3, -0.25) is 0 Å². The molecule has 1 atom stereocenters. The number of hydrogen-bond donors (Lipinski definition) is 3. The van der Waals surface area contributed by atoms with E-state index in [1.54, 1.807) is 0 Å². The Hall–Kier alpha value is -1.51. The van der Waals surface area contributed by atoms with Crippen LogP contribution in [0.5, 0.6) is 0 Å². The Balaban J connectivity index is 2.35. The average Bonchev–Trinajstić information content (AvgIpc) is 2.86. The van der Waals surface area contributed by atoms with Gasteiger partial charge in [-0.25, -0.2) is 9.59 Å². The molecule has 9 heteroatoms. The van der Waals surface area contributed by atoms with E-state index in [0.717, 1.165) is 25.7 Å². The third kappa shape index (κ3) is 4.76. The number of ether oxygens (including phenoxy) is 1. The number of alkyl halides is 3. The van der Waals surface area contributed by atoms with Crippen LogP contribution in [-0.4, -0.2) is 48.1 Å². The summed E-state index contributed by atoms with van der Waals surface area (Å²) in [7, 11) is 0. The highest BCUT2D eigenvalue weighted by atomic mass is 19.4. The van der Waals surface area contributed by atoms with Gasteiger partial charge in [0.2, 0.25) is 5.54 Å². The number of rotatable bonds is 6. The zero-order chi connectivity index (χ0) is 16.1. The molecule has 0 aromatic rings. The van der Waals surface area contributed by atoms with E-state index >= 15 is 0 Å². The van der Waals surface area contributed by atoms with Gasteiger partial charge < -0.3 is 20.5 Å². The second-order valence-corrected chi connectivity index (χ2v) is 5.09. The molecule has 0 aliphatic heterocycles. The zero-order valence-electron chi connectivity index (χ0n) is 11.6. The number of carboxylic acids is 1. The fourth-order valence-corrected chi connectivity index (χ4v) is 1.96. The second kappa shape index (κ2) is 6.97. The van der Waals surface area contributed by atoms with Crippen molar-refractivity contribution in [1.29, 1.82) is 0 Å². The number of amides is 2. The minimum absolute atomic E-state index is 0.00981. The first-order chi connectivity index (χ1) is 9.67. The van der Waals surface area contributed by atoms with Gasteiger partial charge in [0.15, 0.2) is 0 Å². The highest BCUT2D eigenvalue weighted by Crippen LogP contribution is 2.30. The first-order valence-electron chi connectivity index (χ1n) is 6.64. The van der Waals surface area contributed by atoms with E-state index in [-0.39, 0.29) is 19.3 Å². The van der Waals surface area contributed by atoms with E-state index in [1.165, 1.54) is 5.32 Å². The molecule has 0 aromatic carbocycles. The minimum atomic E-state index is -5.10. The summed E-state index contributed by atoms with van der Waals surface area (Å²) in [6, 6.07) is -1.20. The summed E-state index contributed by atoms with van der Waals surface area (Å²) in [4.78, 5) is 22.1. The molecule has 0 heterocycles. The summed E-state index contributed by atoms with van der Waals surface area (Å²) in [5.41, 5.74) is -3.33. The molecule has 0 aromatic heterocycles. The van der Waals surface area contributed by atoms with Crippen LogP contribution < -0.4 is 10.6 Å². The van der Waals surface area contributed by atoms with Crippen LogP contribution in [0.25, 0.3) is 0 Å². The highest BCUT2D eigenvalue weighted by Gasteiger charge is 2.58. The summed E-state index contributed by atoms with van der Waals surface area (Å²) >= 11 is 0. The van der Waals surface area contributed by atoms with Gasteiger partial charge in [0.05, 0.1) is 12.7 Å². The number of urea groups is 1. The highest BCUT2D eigenvalue weighted by molar-refractivity contribution is 5.86. The Morgan fingerprint density at radius 1 is 1.29 bits per heavy atom. The first kappa shape index (κ1) is 17.5. The van der Waals surface area contributed by atoms with Gasteiger partial charge in [0.25, 0.3) is 0 Å². The molecular formula is C12H19F3N2O4. The lowest BCUT2D eigenvalue weighted by atomic mass is 10.0. The Bertz CT molecular complexity index is 383. The first-order valence-corrected chi connectivity index (χ1v) is 6.64. The predicted octanol–water partition coefficient (Wildman–Crippen LogP) is 1.65. The maximum Gasteiger partial charge on any atom is 0.422 e. The Morgan fingerprint density at radius 2 is 1.86 bits per heavy atom. The van der Waals surface area contributed by atoms with Crippen molar-refractivity contribution in [2.24, 2.45) is 0 Å². The molecule has 2 amide bonds. The quantitative estimate of drug-likeness (QED) is 0.651. The lowest BCUT2D eigenvalue weighted by Gasteiger charge is -2.28. The summed E-state index contributed by atoms with van der Waals surface area (Å²) in [5, 5.41) is 12.2. The van der Waals surface area contributed by atoms with Crippen LogP contribution in [0.4, 0.5) is 18.0 Å². The van der Waals surface area contributed by atoms with E-state index in [4.69, 9.17) is 9.84 Å². The topological polar surface area (TPSA) is 87.7 Å². The number of aliphatic carboxylic acids is 1. The standard InChI is InChI=1S/C12H19F3N2O4/c1-11(9(18)19,12(13,14)15)17-10(20)16-6-7-21-8-4-2-3-5-8/h8H,2-7H2,1H3,(H,18,19)(H2,16,17,20). The van der Waals surface area contributed by atoms with E-state index in [9.17, 15) is 22.8 Å². The van der Waals surface area contributed by atoms with Crippen LogP contribution in [-0.2, 0) is 9.53 Å². The number of halogens is 3. The average molecular weight is 312 g/mol. The van der Waals surface area contributed by atoms with E-state index in [2.05, 4.69) is 5.32 Å². The van der Waals surface area contributed by atoms with Gasteiger partial charge in [0, 0.05) is 6.54 Å². The summed E-state index contributed by atoms with van der Waals surface area (Å²) in [5.74, 6) is -2.17. The number of hydrogen-bond acceptors (Lipinski definition) is 3. The van der Waals surface area contributed by atoms with Gasteiger partial charge in [-0.1, -0.05) is 12.8 Å². The third-order valence-corrected chi connectivity index (χ3v) is 3.40. The van der Waals surface area contributed by atoms with Crippen molar-refractivity contribution in [1.82, 2.24) is 10.6 Å². The van der Waals surface area contributed by atoms with Gasteiger partial charge in [-0.05, 0) is 19.8 Å². The van der Waals surface area contributed by atoms with Crippen LogP contribution in [0.2, 0.25) is 0 Å². The monoisotopic (exact) mass is 312 g/mol. The third-order valence-electron chi connectivity index (χ3n) is 3.40. The molecule has 1 rings (SSSR count). The molecule has 0 bridgehead atoms. The lowest BCUT2D eigenvalue weighted by Crippen LogP contribution is -2.63. The minimum Gasteiger partial charge on any atom is -0.479 e. The number of nitrogens with one attached hydrogen (secondary N) is 2. The van der Waals surface area contributed by atoms with Crippen LogP contribution in [0.1, 0.15) is 32.6 Å². The van der Waals surface area contributed by atoms with Gasteiger partial charge in [-0.15, -0.1) is 0 Å². The van der Waals surface area contributed by atoms with Crippen LogP contribution in [0.15, 0.2) is 0 Å². The van der Waals surface area contributed by atoms with Gasteiger partial charge in [0.1, 0.15) is 0 Å². The van der Waals surface area contributed by atoms with Crippen LogP contribution in [0, 0.1) is 0 Å². The largest absolute Gasteiger partial charge is 0.479 e. The Morgan fingerprint density at radius 3 is 2.33 bits per heavy atom. The molecule has 1 aliphatic carbocycles. The molecule has 1 fully saturated rings. The molecule has 6 nitrogen and oxygen atoms in total. The van der Waals surface area contributed by atoms with E-state index in [0.29, 0.717) is 6.92 Å². The van der Waals surface area contributed by atoms with Crippen molar-refractivity contribution >= 4 is 12.0 Å². The molecule has 0 spiro atoms.